The Balaban J connectivity index is 1.59. The van der Waals surface area contributed by atoms with Gasteiger partial charge in [-0.1, -0.05) is 6.92 Å². The highest BCUT2D eigenvalue weighted by Crippen LogP contribution is 2.35. The van der Waals surface area contributed by atoms with Crippen LogP contribution >= 0.6 is 0 Å². The molecule has 0 unspecified atom stereocenters. The zero-order valence-corrected chi connectivity index (χ0v) is 13.8. The number of nitrogens with zero attached hydrogens (tertiary/aromatic N) is 1. The molecule has 1 N–H and O–H groups in total. The molecule has 0 saturated carbocycles. The quantitative estimate of drug-likeness (QED) is 0.911. The first-order valence-corrected chi connectivity index (χ1v) is 8.52. The van der Waals surface area contributed by atoms with E-state index in [-0.39, 0.29) is 12.4 Å². The Morgan fingerprint density at radius 2 is 2.08 bits per heavy atom. The number of hydrogen-bond donors (Lipinski definition) is 1. The van der Waals surface area contributed by atoms with Crippen molar-refractivity contribution in [2.24, 2.45) is 0 Å². The highest BCUT2D eigenvalue weighted by Gasteiger charge is 2.20. The number of likely N-dealkylation sites (N-methyl/N-ethyl adjacent to an activating group) is 1. The van der Waals surface area contributed by atoms with Crippen LogP contribution in [0.15, 0.2) is 23.0 Å². The van der Waals surface area contributed by atoms with E-state index >= 15 is 0 Å². The minimum absolute atomic E-state index is 0.0489. The predicted octanol–water partition coefficient (Wildman–Crippen LogP) is 2.26. The van der Waals surface area contributed by atoms with Gasteiger partial charge in [0.1, 0.15) is 0 Å². The summed E-state index contributed by atoms with van der Waals surface area (Å²) in [5.74, 6) is 1.41. The standard InChI is InChI=1S/C18H22N2O4/c1-2-20(10-14-4-3-5-22-14)9-13-6-12-7-16-17(24-11-23-16)8-15(12)19-18(13)21/h6-8,14H,2-5,9-11H2,1H3,(H,19,21)/t14-/m0/s1. The van der Waals surface area contributed by atoms with Crippen molar-refractivity contribution in [1.82, 2.24) is 9.88 Å². The summed E-state index contributed by atoms with van der Waals surface area (Å²) in [4.78, 5) is 17.7. The summed E-state index contributed by atoms with van der Waals surface area (Å²) in [5, 5.41) is 0.960. The van der Waals surface area contributed by atoms with Gasteiger partial charge in [0, 0.05) is 36.7 Å². The molecule has 0 spiro atoms. The minimum atomic E-state index is -0.0489. The maximum absolute atomic E-state index is 12.4. The second-order valence-electron chi connectivity index (χ2n) is 6.38. The fraction of sp³-hybridized carbons (Fsp3) is 0.500. The molecule has 1 aromatic heterocycles. The van der Waals surface area contributed by atoms with Crippen molar-refractivity contribution >= 4 is 10.9 Å². The van der Waals surface area contributed by atoms with Crippen molar-refractivity contribution in [2.45, 2.75) is 32.4 Å². The molecule has 0 radical (unpaired) electrons. The lowest BCUT2D eigenvalue weighted by atomic mass is 10.1. The third-order valence-electron chi connectivity index (χ3n) is 4.74. The number of fused-ring (bicyclic) bond motifs is 2. The molecule has 1 fully saturated rings. The number of aromatic amines is 1. The van der Waals surface area contributed by atoms with Gasteiger partial charge in [0.05, 0.1) is 11.6 Å². The van der Waals surface area contributed by atoms with Gasteiger partial charge in [-0.2, -0.15) is 0 Å². The molecule has 128 valence electrons. The third kappa shape index (κ3) is 2.99. The number of benzene rings is 1. The van der Waals surface area contributed by atoms with Gasteiger partial charge in [-0.25, -0.2) is 0 Å². The maximum atomic E-state index is 12.4. The number of pyridine rings is 1. The summed E-state index contributed by atoms with van der Waals surface area (Å²) >= 11 is 0. The monoisotopic (exact) mass is 330 g/mol. The molecular weight excluding hydrogens is 308 g/mol. The molecule has 2 aromatic rings. The Morgan fingerprint density at radius 1 is 1.25 bits per heavy atom. The SMILES string of the molecule is CCN(Cc1cc2cc3c(cc2[nH]c1=O)OCO3)C[C@@H]1CCCO1. The van der Waals surface area contributed by atoms with Crippen LogP contribution in [0.3, 0.4) is 0 Å². The number of nitrogens with one attached hydrogen (secondary N) is 1. The van der Waals surface area contributed by atoms with Crippen LogP contribution in [0, 0.1) is 0 Å². The molecule has 0 amide bonds. The van der Waals surface area contributed by atoms with Gasteiger partial charge >= 0.3 is 0 Å². The van der Waals surface area contributed by atoms with Crippen LogP contribution in [-0.2, 0) is 11.3 Å². The van der Waals surface area contributed by atoms with E-state index in [4.69, 9.17) is 14.2 Å². The molecule has 2 aliphatic heterocycles. The molecule has 1 saturated heterocycles. The lowest BCUT2D eigenvalue weighted by Gasteiger charge is -2.23. The molecule has 0 bridgehead atoms. The average Bonchev–Trinajstić information content (AvgIpc) is 3.24. The molecule has 6 nitrogen and oxygen atoms in total. The van der Waals surface area contributed by atoms with Crippen molar-refractivity contribution in [2.75, 3.05) is 26.5 Å². The number of ether oxygens (including phenoxy) is 3. The minimum Gasteiger partial charge on any atom is -0.454 e. The van der Waals surface area contributed by atoms with E-state index in [9.17, 15) is 4.79 Å². The summed E-state index contributed by atoms with van der Waals surface area (Å²) < 4.78 is 16.5. The molecule has 3 heterocycles. The van der Waals surface area contributed by atoms with Crippen LogP contribution < -0.4 is 15.0 Å². The Morgan fingerprint density at radius 3 is 2.83 bits per heavy atom. The van der Waals surface area contributed by atoms with Gasteiger partial charge in [-0.15, -0.1) is 0 Å². The fourth-order valence-corrected chi connectivity index (χ4v) is 3.38. The molecule has 0 aliphatic carbocycles. The average molecular weight is 330 g/mol. The molecule has 24 heavy (non-hydrogen) atoms. The molecule has 4 rings (SSSR count). The van der Waals surface area contributed by atoms with Gasteiger partial charge in [0.2, 0.25) is 6.79 Å². The van der Waals surface area contributed by atoms with Gasteiger partial charge < -0.3 is 19.2 Å². The first-order chi connectivity index (χ1) is 11.7. The first-order valence-electron chi connectivity index (χ1n) is 8.52. The van der Waals surface area contributed by atoms with E-state index in [2.05, 4.69) is 16.8 Å². The third-order valence-corrected chi connectivity index (χ3v) is 4.74. The largest absolute Gasteiger partial charge is 0.454 e. The van der Waals surface area contributed by atoms with Crippen molar-refractivity contribution in [3.8, 4) is 11.5 Å². The number of hydrogen-bond acceptors (Lipinski definition) is 5. The lowest BCUT2D eigenvalue weighted by molar-refractivity contribution is 0.0724. The summed E-state index contributed by atoms with van der Waals surface area (Å²) in [6, 6.07) is 5.70. The Kier molecular flexibility index (Phi) is 4.16. The second kappa shape index (κ2) is 6.45. The highest BCUT2D eigenvalue weighted by atomic mass is 16.7. The van der Waals surface area contributed by atoms with Crippen LogP contribution in [0.2, 0.25) is 0 Å². The zero-order chi connectivity index (χ0) is 16.5. The van der Waals surface area contributed by atoms with E-state index in [1.165, 1.54) is 0 Å². The van der Waals surface area contributed by atoms with Crippen LogP contribution in [0.1, 0.15) is 25.3 Å². The van der Waals surface area contributed by atoms with E-state index in [1.807, 2.05) is 18.2 Å². The number of aromatic nitrogens is 1. The van der Waals surface area contributed by atoms with Crippen LogP contribution in [0.5, 0.6) is 11.5 Å². The second-order valence-corrected chi connectivity index (χ2v) is 6.38. The van der Waals surface area contributed by atoms with E-state index in [0.29, 0.717) is 18.4 Å². The highest BCUT2D eigenvalue weighted by molar-refractivity contribution is 5.83. The molecule has 2 aliphatic rings. The van der Waals surface area contributed by atoms with Crippen LogP contribution in [-0.4, -0.2) is 42.5 Å². The van der Waals surface area contributed by atoms with E-state index < -0.39 is 0 Å². The predicted molar refractivity (Wildman–Crippen MR) is 90.6 cm³/mol. The van der Waals surface area contributed by atoms with Crippen LogP contribution in [0.25, 0.3) is 10.9 Å². The fourth-order valence-electron chi connectivity index (χ4n) is 3.38. The van der Waals surface area contributed by atoms with Gasteiger partial charge in [-0.3, -0.25) is 9.69 Å². The summed E-state index contributed by atoms with van der Waals surface area (Å²) in [6.45, 7) is 5.58. The topological polar surface area (TPSA) is 63.8 Å². The van der Waals surface area contributed by atoms with E-state index in [1.54, 1.807) is 0 Å². The van der Waals surface area contributed by atoms with Gasteiger partial charge in [-0.05, 0) is 31.5 Å². The maximum Gasteiger partial charge on any atom is 0.252 e. The smallest absolute Gasteiger partial charge is 0.252 e. The van der Waals surface area contributed by atoms with Crippen LogP contribution in [0.4, 0.5) is 0 Å². The number of H-pyrrole nitrogens is 1. The summed E-state index contributed by atoms with van der Waals surface area (Å²) in [7, 11) is 0. The number of rotatable bonds is 5. The molecule has 1 atom stereocenters. The van der Waals surface area contributed by atoms with Crippen molar-refractivity contribution < 1.29 is 14.2 Å². The van der Waals surface area contributed by atoms with E-state index in [0.717, 1.165) is 54.8 Å². The van der Waals surface area contributed by atoms with Crippen molar-refractivity contribution in [1.29, 1.82) is 0 Å². The zero-order valence-electron chi connectivity index (χ0n) is 13.8. The van der Waals surface area contributed by atoms with Gasteiger partial charge in [0.15, 0.2) is 11.5 Å². The lowest BCUT2D eigenvalue weighted by Crippen LogP contribution is -2.33. The Hall–Kier alpha value is -2.05. The first kappa shape index (κ1) is 15.5. The molecule has 6 heteroatoms. The summed E-state index contributed by atoms with van der Waals surface area (Å²) in [6.07, 6.45) is 2.53. The Labute approximate surface area is 140 Å². The van der Waals surface area contributed by atoms with Crippen molar-refractivity contribution in [3.63, 3.8) is 0 Å². The summed E-state index contributed by atoms with van der Waals surface area (Å²) in [5.41, 5.74) is 1.49. The van der Waals surface area contributed by atoms with Gasteiger partial charge in [0.25, 0.3) is 5.56 Å². The Bertz CT molecular complexity index is 795. The normalized spacial score (nSPS) is 19.5. The van der Waals surface area contributed by atoms with Crippen molar-refractivity contribution in [3.05, 3.63) is 34.1 Å². The molecule has 1 aromatic carbocycles. The molecular formula is C18H22N2O4.